The Morgan fingerprint density at radius 1 is 1.04 bits per heavy atom. The molecule has 0 bridgehead atoms. The molecule has 0 radical (unpaired) electrons. The summed E-state index contributed by atoms with van der Waals surface area (Å²) in [5, 5.41) is 3.26. The Hall–Kier alpha value is -2.13. The molecule has 1 saturated heterocycles. The Balaban J connectivity index is 1.53. The molecule has 1 heterocycles. The number of rotatable bonds is 5. The highest BCUT2D eigenvalue weighted by molar-refractivity contribution is 5.79. The highest BCUT2D eigenvalue weighted by Crippen LogP contribution is 2.24. The van der Waals surface area contributed by atoms with Gasteiger partial charge in [0.15, 0.2) is 0 Å². The molecule has 1 N–H and O–H groups in total. The number of amides is 1. The summed E-state index contributed by atoms with van der Waals surface area (Å²) in [4.78, 5) is 15.2. The predicted octanol–water partition coefficient (Wildman–Crippen LogP) is 4.70. The third kappa shape index (κ3) is 4.98. The summed E-state index contributed by atoms with van der Waals surface area (Å²) < 4.78 is 0. The van der Waals surface area contributed by atoms with E-state index in [1.165, 1.54) is 27.8 Å². The lowest BCUT2D eigenvalue weighted by Gasteiger charge is -2.32. The van der Waals surface area contributed by atoms with E-state index in [1.807, 2.05) is 0 Å². The van der Waals surface area contributed by atoms with Gasteiger partial charge in [0.2, 0.25) is 5.91 Å². The van der Waals surface area contributed by atoms with Crippen molar-refractivity contribution in [3.05, 3.63) is 70.3 Å². The fraction of sp³-hybridized carbons (Fsp3) is 0.458. The van der Waals surface area contributed by atoms with E-state index in [1.54, 1.807) is 0 Å². The zero-order valence-corrected chi connectivity index (χ0v) is 17.1. The number of piperidine rings is 1. The number of likely N-dealkylation sites (tertiary alicyclic amines) is 1. The molecule has 0 aromatic heterocycles. The molecule has 0 aliphatic carbocycles. The van der Waals surface area contributed by atoms with Crippen molar-refractivity contribution in [3.63, 3.8) is 0 Å². The number of benzene rings is 2. The second-order valence-electron chi connectivity index (χ2n) is 8.06. The van der Waals surface area contributed by atoms with Gasteiger partial charge in [-0.25, -0.2) is 0 Å². The largest absolute Gasteiger partial charge is 0.349 e. The maximum atomic E-state index is 12.8. The van der Waals surface area contributed by atoms with Crippen LogP contribution in [-0.4, -0.2) is 23.9 Å². The van der Waals surface area contributed by atoms with Crippen LogP contribution >= 0.6 is 0 Å². The number of hydrogen-bond donors (Lipinski definition) is 1. The van der Waals surface area contributed by atoms with Gasteiger partial charge in [-0.1, -0.05) is 42.5 Å². The average molecular weight is 365 g/mol. The van der Waals surface area contributed by atoms with E-state index in [0.717, 1.165) is 32.5 Å². The Labute approximate surface area is 163 Å². The van der Waals surface area contributed by atoms with Crippen LogP contribution in [-0.2, 0) is 11.3 Å². The standard InChI is InChI=1S/C24H32N2O/c1-17-14-19(3)23(15-18(17)2)20(4)25-24(27)22-10-12-26(13-11-22)16-21-8-6-5-7-9-21/h5-9,14-15,20,22H,10-13,16H2,1-4H3,(H,25,27)/t20-/m0/s1. The Bertz CT molecular complexity index is 776. The maximum absolute atomic E-state index is 12.8. The summed E-state index contributed by atoms with van der Waals surface area (Å²) in [5.74, 6) is 0.339. The van der Waals surface area contributed by atoms with Gasteiger partial charge in [0.05, 0.1) is 6.04 Å². The Morgan fingerprint density at radius 3 is 2.33 bits per heavy atom. The summed E-state index contributed by atoms with van der Waals surface area (Å²) >= 11 is 0. The lowest BCUT2D eigenvalue weighted by Crippen LogP contribution is -2.41. The number of carbonyl (C=O) groups is 1. The van der Waals surface area contributed by atoms with Crippen molar-refractivity contribution in [1.82, 2.24) is 10.2 Å². The molecule has 27 heavy (non-hydrogen) atoms. The third-order valence-electron chi connectivity index (χ3n) is 5.92. The fourth-order valence-corrected chi connectivity index (χ4v) is 4.05. The van der Waals surface area contributed by atoms with Crippen molar-refractivity contribution < 1.29 is 4.79 Å². The van der Waals surface area contributed by atoms with Gasteiger partial charge in [0.1, 0.15) is 0 Å². The zero-order valence-electron chi connectivity index (χ0n) is 17.1. The number of nitrogens with zero attached hydrogens (tertiary/aromatic N) is 1. The van der Waals surface area contributed by atoms with Crippen molar-refractivity contribution in [1.29, 1.82) is 0 Å². The molecule has 0 spiro atoms. The summed E-state index contributed by atoms with van der Waals surface area (Å²) in [5.41, 5.74) is 6.42. The highest BCUT2D eigenvalue weighted by Gasteiger charge is 2.26. The van der Waals surface area contributed by atoms with Gasteiger partial charge in [0, 0.05) is 12.5 Å². The third-order valence-corrected chi connectivity index (χ3v) is 5.92. The molecule has 1 aliphatic heterocycles. The predicted molar refractivity (Wildman–Crippen MR) is 112 cm³/mol. The molecule has 3 rings (SSSR count). The normalized spacial score (nSPS) is 16.9. The van der Waals surface area contributed by atoms with Crippen LogP contribution in [0.25, 0.3) is 0 Å². The van der Waals surface area contributed by atoms with Gasteiger partial charge in [-0.15, -0.1) is 0 Å². The molecule has 0 unspecified atom stereocenters. The molecule has 2 aromatic rings. The summed E-state index contributed by atoms with van der Waals surface area (Å²) in [6.45, 7) is 11.5. The van der Waals surface area contributed by atoms with E-state index in [-0.39, 0.29) is 17.9 Å². The Morgan fingerprint density at radius 2 is 1.67 bits per heavy atom. The second kappa shape index (κ2) is 8.71. The van der Waals surface area contributed by atoms with Gasteiger partial charge in [0.25, 0.3) is 0 Å². The summed E-state index contributed by atoms with van der Waals surface area (Å²) in [7, 11) is 0. The highest BCUT2D eigenvalue weighted by atomic mass is 16.1. The molecule has 1 atom stereocenters. The van der Waals surface area contributed by atoms with Crippen LogP contribution in [0, 0.1) is 26.7 Å². The van der Waals surface area contributed by atoms with Gasteiger partial charge in [-0.3, -0.25) is 9.69 Å². The van der Waals surface area contributed by atoms with Crippen LogP contribution in [0.1, 0.15) is 53.6 Å². The van der Waals surface area contributed by atoms with E-state index in [2.05, 4.69) is 80.4 Å². The number of hydrogen-bond acceptors (Lipinski definition) is 2. The van der Waals surface area contributed by atoms with Crippen molar-refractivity contribution in [3.8, 4) is 0 Å². The van der Waals surface area contributed by atoms with Crippen LogP contribution in [0.4, 0.5) is 0 Å². The summed E-state index contributed by atoms with van der Waals surface area (Å²) in [6, 6.07) is 15.1. The van der Waals surface area contributed by atoms with Crippen LogP contribution in [0.5, 0.6) is 0 Å². The molecule has 1 aliphatic rings. The monoisotopic (exact) mass is 364 g/mol. The average Bonchev–Trinajstić information content (AvgIpc) is 2.66. The fourth-order valence-electron chi connectivity index (χ4n) is 4.05. The van der Waals surface area contributed by atoms with E-state index in [9.17, 15) is 4.79 Å². The summed E-state index contributed by atoms with van der Waals surface area (Å²) in [6.07, 6.45) is 1.88. The minimum atomic E-state index is 0.0548. The topological polar surface area (TPSA) is 32.3 Å². The number of carbonyl (C=O) groups excluding carboxylic acids is 1. The zero-order chi connectivity index (χ0) is 19.4. The van der Waals surface area contributed by atoms with Crippen LogP contribution in [0.15, 0.2) is 42.5 Å². The lowest BCUT2D eigenvalue weighted by atomic mass is 9.93. The van der Waals surface area contributed by atoms with Crippen molar-refractivity contribution >= 4 is 5.91 Å². The van der Waals surface area contributed by atoms with Gasteiger partial charge >= 0.3 is 0 Å². The molecular weight excluding hydrogens is 332 g/mol. The first-order valence-corrected chi connectivity index (χ1v) is 10.1. The first-order chi connectivity index (χ1) is 12.9. The second-order valence-corrected chi connectivity index (χ2v) is 8.06. The van der Waals surface area contributed by atoms with Crippen molar-refractivity contribution in [2.75, 3.05) is 13.1 Å². The van der Waals surface area contributed by atoms with Gasteiger partial charge in [-0.2, -0.15) is 0 Å². The minimum absolute atomic E-state index is 0.0548. The van der Waals surface area contributed by atoms with Crippen molar-refractivity contribution in [2.24, 2.45) is 5.92 Å². The van der Waals surface area contributed by atoms with Gasteiger partial charge in [-0.05, 0) is 81.4 Å². The number of aryl methyl sites for hydroxylation is 3. The Kier molecular flexibility index (Phi) is 6.33. The van der Waals surface area contributed by atoms with E-state index >= 15 is 0 Å². The molecule has 144 valence electrons. The first-order valence-electron chi connectivity index (χ1n) is 10.1. The van der Waals surface area contributed by atoms with Crippen LogP contribution < -0.4 is 5.32 Å². The van der Waals surface area contributed by atoms with E-state index in [4.69, 9.17) is 0 Å². The molecule has 2 aromatic carbocycles. The molecule has 3 heteroatoms. The van der Waals surface area contributed by atoms with Crippen LogP contribution in [0.3, 0.4) is 0 Å². The van der Waals surface area contributed by atoms with Crippen LogP contribution in [0.2, 0.25) is 0 Å². The molecule has 3 nitrogen and oxygen atoms in total. The first kappa shape index (κ1) is 19.6. The molecule has 0 saturated carbocycles. The van der Waals surface area contributed by atoms with E-state index < -0.39 is 0 Å². The van der Waals surface area contributed by atoms with Gasteiger partial charge < -0.3 is 5.32 Å². The quantitative estimate of drug-likeness (QED) is 0.834. The molecular formula is C24H32N2O. The van der Waals surface area contributed by atoms with E-state index in [0.29, 0.717) is 0 Å². The lowest BCUT2D eigenvalue weighted by molar-refractivity contribution is -0.127. The maximum Gasteiger partial charge on any atom is 0.223 e. The molecule has 1 fully saturated rings. The number of nitrogens with one attached hydrogen (secondary N) is 1. The molecule has 1 amide bonds. The smallest absolute Gasteiger partial charge is 0.223 e. The SMILES string of the molecule is Cc1cc(C)c([C@H](C)NC(=O)C2CCN(Cc3ccccc3)CC2)cc1C. The minimum Gasteiger partial charge on any atom is -0.349 e. The van der Waals surface area contributed by atoms with Crippen molar-refractivity contribution in [2.45, 2.75) is 53.1 Å².